The molecule has 1 aromatic carbocycles. The van der Waals surface area contributed by atoms with E-state index in [0.29, 0.717) is 33.4 Å². The standard InChI is InChI=1S/C28H29F3N6O3/c1-16-5-7-22(17(2)33-16)27(39,24-15-32-35-36(24)3)20-6-8-23-18(13-20)14-21(25(34-23)40-4)26(38)37-11-9-19(10-12-37)28(29,30)31/h5-8,13-15,19,39H,9-12H2,1-4H3. The van der Waals surface area contributed by atoms with Gasteiger partial charge >= 0.3 is 6.18 Å². The number of pyridine rings is 2. The zero-order valence-electron chi connectivity index (χ0n) is 22.5. The third-order valence-corrected chi connectivity index (χ3v) is 7.57. The number of fused-ring (bicyclic) bond motifs is 1. The average molecular weight is 555 g/mol. The number of carbonyl (C=O) groups is 1. The largest absolute Gasteiger partial charge is 0.480 e. The van der Waals surface area contributed by atoms with Gasteiger partial charge in [-0.1, -0.05) is 17.3 Å². The first-order valence-corrected chi connectivity index (χ1v) is 12.8. The highest BCUT2D eigenvalue weighted by molar-refractivity contribution is 6.00. The molecule has 1 amide bonds. The van der Waals surface area contributed by atoms with Gasteiger partial charge in [-0.25, -0.2) is 9.67 Å². The lowest BCUT2D eigenvalue weighted by Crippen LogP contribution is -2.42. The molecule has 0 spiro atoms. The summed E-state index contributed by atoms with van der Waals surface area (Å²) in [6.07, 6.45) is -3.11. The molecular formula is C28H29F3N6O3. The first-order chi connectivity index (χ1) is 18.9. The number of alkyl halides is 3. The minimum atomic E-state index is -4.28. The Bertz CT molecular complexity index is 1580. The highest BCUT2D eigenvalue weighted by Gasteiger charge is 2.42. The van der Waals surface area contributed by atoms with Crippen molar-refractivity contribution in [1.82, 2.24) is 29.9 Å². The lowest BCUT2D eigenvalue weighted by molar-refractivity contribution is -0.183. The number of ether oxygens (including phenoxy) is 1. The topological polar surface area (TPSA) is 106 Å². The fourth-order valence-corrected chi connectivity index (χ4v) is 5.40. The van der Waals surface area contributed by atoms with Crippen LogP contribution in [0.15, 0.2) is 42.6 Å². The average Bonchev–Trinajstić information content (AvgIpc) is 3.37. The van der Waals surface area contributed by atoms with Gasteiger partial charge in [0.25, 0.3) is 5.91 Å². The molecule has 1 saturated heterocycles. The summed E-state index contributed by atoms with van der Waals surface area (Å²) in [5, 5.41) is 20.9. The summed E-state index contributed by atoms with van der Waals surface area (Å²) in [5.41, 5.74) is 1.78. The summed E-state index contributed by atoms with van der Waals surface area (Å²) in [6.45, 7) is 3.64. The highest BCUT2D eigenvalue weighted by atomic mass is 19.4. The van der Waals surface area contributed by atoms with Crippen molar-refractivity contribution >= 4 is 16.8 Å². The Balaban J connectivity index is 1.59. The summed E-state index contributed by atoms with van der Waals surface area (Å²) in [4.78, 5) is 23.9. The molecule has 0 bridgehead atoms. The predicted molar refractivity (Wildman–Crippen MR) is 140 cm³/mol. The van der Waals surface area contributed by atoms with E-state index in [4.69, 9.17) is 4.74 Å². The maximum Gasteiger partial charge on any atom is 0.391 e. The molecule has 5 rings (SSSR count). The third kappa shape index (κ3) is 4.76. The molecule has 0 saturated carbocycles. The number of aliphatic hydroxyl groups is 1. The molecule has 3 aromatic heterocycles. The number of aryl methyl sites for hydroxylation is 3. The van der Waals surface area contributed by atoms with Crippen LogP contribution in [0.25, 0.3) is 10.9 Å². The molecule has 210 valence electrons. The fraction of sp³-hybridized carbons (Fsp3) is 0.393. The van der Waals surface area contributed by atoms with Crippen LogP contribution < -0.4 is 4.74 Å². The molecule has 1 aliphatic rings. The van der Waals surface area contributed by atoms with Crippen molar-refractivity contribution in [1.29, 1.82) is 0 Å². The van der Waals surface area contributed by atoms with Crippen molar-refractivity contribution in [2.24, 2.45) is 13.0 Å². The number of methoxy groups -OCH3 is 1. The maximum absolute atomic E-state index is 13.4. The molecule has 9 nitrogen and oxygen atoms in total. The Morgan fingerprint density at radius 1 is 1.07 bits per heavy atom. The Kier molecular flexibility index (Phi) is 6.99. The van der Waals surface area contributed by atoms with Crippen LogP contribution in [0.4, 0.5) is 13.2 Å². The summed E-state index contributed by atoms with van der Waals surface area (Å²) < 4.78 is 46.3. The predicted octanol–water partition coefficient (Wildman–Crippen LogP) is 4.08. The van der Waals surface area contributed by atoms with Gasteiger partial charge in [0.15, 0.2) is 5.60 Å². The van der Waals surface area contributed by atoms with Crippen LogP contribution >= 0.6 is 0 Å². The number of hydrogen-bond acceptors (Lipinski definition) is 7. The van der Waals surface area contributed by atoms with E-state index < -0.39 is 23.6 Å². The van der Waals surface area contributed by atoms with Crippen LogP contribution in [-0.4, -0.2) is 67.3 Å². The smallest absolute Gasteiger partial charge is 0.391 e. The number of hydrogen-bond donors (Lipinski definition) is 1. The number of amides is 1. The third-order valence-electron chi connectivity index (χ3n) is 7.57. The van der Waals surface area contributed by atoms with Crippen molar-refractivity contribution < 1.29 is 27.8 Å². The Labute approximate surface area is 228 Å². The van der Waals surface area contributed by atoms with Gasteiger partial charge in [-0.05, 0) is 56.5 Å². The van der Waals surface area contributed by atoms with Gasteiger partial charge in [-0.2, -0.15) is 13.2 Å². The summed E-state index contributed by atoms with van der Waals surface area (Å²) >= 11 is 0. The molecule has 1 atom stereocenters. The number of nitrogens with zero attached hydrogens (tertiary/aromatic N) is 6. The van der Waals surface area contributed by atoms with E-state index in [9.17, 15) is 23.1 Å². The van der Waals surface area contributed by atoms with E-state index in [2.05, 4.69) is 20.3 Å². The monoisotopic (exact) mass is 554 g/mol. The Morgan fingerprint density at radius 3 is 2.40 bits per heavy atom. The molecule has 12 heteroatoms. The Morgan fingerprint density at radius 2 is 1.80 bits per heavy atom. The van der Waals surface area contributed by atoms with Crippen molar-refractivity contribution in [2.45, 2.75) is 38.5 Å². The molecule has 1 N–H and O–H groups in total. The lowest BCUT2D eigenvalue weighted by atomic mass is 9.82. The number of halogens is 3. The van der Waals surface area contributed by atoms with Crippen LogP contribution in [0.5, 0.6) is 5.88 Å². The molecule has 1 aliphatic heterocycles. The van der Waals surface area contributed by atoms with E-state index in [0.717, 1.165) is 5.69 Å². The SMILES string of the molecule is COc1nc2ccc(C(O)(c3ccc(C)nc3C)c3cnnn3C)cc2cc1C(=O)N1CCC(C(F)(F)F)CC1. The van der Waals surface area contributed by atoms with Crippen molar-refractivity contribution in [3.05, 3.63) is 76.4 Å². The zero-order chi connectivity index (χ0) is 28.8. The number of likely N-dealkylation sites (tertiary alicyclic amines) is 1. The zero-order valence-corrected chi connectivity index (χ0v) is 22.5. The van der Waals surface area contributed by atoms with E-state index >= 15 is 0 Å². The quantitative estimate of drug-likeness (QED) is 0.396. The number of piperidine rings is 1. The van der Waals surface area contributed by atoms with Crippen LogP contribution in [0.1, 0.15) is 51.4 Å². The van der Waals surface area contributed by atoms with Gasteiger partial charge in [0.1, 0.15) is 5.56 Å². The maximum atomic E-state index is 13.4. The Hall–Kier alpha value is -4.06. The van der Waals surface area contributed by atoms with E-state index in [-0.39, 0.29) is 37.4 Å². The number of benzene rings is 1. The summed E-state index contributed by atoms with van der Waals surface area (Å²) in [6, 6.07) is 10.4. The van der Waals surface area contributed by atoms with E-state index in [1.807, 2.05) is 19.9 Å². The number of aromatic nitrogens is 5. The van der Waals surface area contributed by atoms with Gasteiger partial charge in [-0.15, -0.1) is 5.10 Å². The fourth-order valence-electron chi connectivity index (χ4n) is 5.40. The highest BCUT2D eigenvalue weighted by Crippen LogP contribution is 2.39. The van der Waals surface area contributed by atoms with Crippen molar-refractivity contribution in [3.63, 3.8) is 0 Å². The molecule has 0 aliphatic carbocycles. The van der Waals surface area contributed by atoms with Gasteiger partial charge < -0.3 is 14.7 Å². The second-order valence-corrected chi connectivity index (χ2v) is 10.1. The van der Waals surface area contributed by atoms with Crippen molar-refractivity contribution in [3.8, 4) is 5.88 Å². The summed E-state index contributed by atoms with van der Waals surface area (Å²) in [7, 11) is 3.06. The van der Waals surface area contributed by atoms with E-state index in [1.165, 1.54) is 22.9 Å². The van der Waals surface area contributed by atoms with Gasteiger partial charge in [0.2, 0.25) is 5.88 Å². The molecule has 4 aromatic rings. The van der Waals surface area contributed by atoms with Crippen molar-refractivity contribution in [2.75, 3.05) is 20.2 Å². The lowest BCUT2D eigenvalue weighted by Gasteiger charge is -2.33. The molecule has 1 unspecified atom stereocenters. The second-order valence-electron chi connectivity index (χ2n) is 10.1. The minimum Gasteiger partial charge on any atom is -0.480 e. The van der Waals surface area contributed by atoms with E-state index in [1.54, 1.807) is 37.4 Å². The van der Waals surface area contributed by atoms with Gasteiger partial charge in [0.05, 0.1) is 30.4 Å². The molecule has 40 heavy (non-hydrogen) atoms. The van der Waals surface area contributed by atoms with Crippen LogP contribution in [0.2, 0.25) is 0 Å². The van der Waals surface area contributed by atoms with Crippen LogP contribution in [-0.2, 0) is 12.6 Å². The molecule has 4 heterocycles. The number of rotatable bonds is 5. The first-order valence-electron chi connectivity index (χ1n) is 12.8. The first kappa shape index (κ1) is 27.5. The molecule has 1 fully saturated rings. The van der Waals surface area contributed by atoms with Crippen LogP contribution in [0, 0.1) is 19.8 Å². The molecular weight excluding hydrogens is 525 g/mol. The van der Waals surface area contributed by atoms with Crippen LogP contribution in [0.3, 0.4) is 0 Å². The summed E-state index contributed by atoms with van der Waals surface area (Å²) in [5.74, 6) is -1.80. The minimum absolute atomic E-state index is 0.0167. The second kappa shape index (κ2) is 10.2. The normalized spacial score (nSPS) is 16.2. The van der Waals surface area contributed by atoms with Gasteiger partial charge in [-0.3, -0.25) is 9.78 Å². The number of carbonyl (C=O) groups excluding carboxylic acids is 1. The van der Waals surface area contributed by atoms with Gasteiger partial charge in [0, 0.05) is 42.5 Å². The molecule has 0 radical (unpaired) electrons.